The van der Waals surface area contributed by atoms with E-state index in [-0.39, 0.29) is 37.9 Å². The van der Waals surface area contributed by atoms with Crippen molar-refractivity contribution in [1.82, 2.24) is 16.0 Å². The molecule has 49 heavy (non-hydrogen) atoms. The van der Waals surface area contributed by atoms with Gasteiger partial charge in [0.15, 0.2) is 12.1 Å². The number of esters is 1. The molecule has 2 aliphatic rings. The quantitative estimate of drug-likeness (QED) is 0.192. The summed E-state index contributed by atoms with van der Waals surface area (Å²) >= 11 is 0. The zero-order chi connectivity index (χ0) is 36.5. The number of hydrogen-bond acceptors (Lipinski definition) is 11. The number of benzene rings is 1. The Kier molecular flexibility index (Phi) is 14.1. The summed E-state index contributed by atoms with van der Waals surface area (Å²) in [6, 6.07) is 6.28. The lowest BCUT2D eigenvalue weighted by Gasteiger charge is -2.51. The Bertz CT molecular complexity index is 1300. The van der Waals surface area contributed by atoms with E-state index in [1.807, 2.05) is 30.3 Å². The minimum Gasteiger partial charge on any atom is -0.460 e. The van der Waals surface area contributed by atoms with Gasteiger partial charge in [-0.15, -0.1) is 0 Å². The predicted molar refractivity (Wildman–Crippen MR) is 175 cm³/mol. The van der Waals surface area contributed by atoms with Crippen LogP contribution in [0.3, 0.4) is 0 Å². The molecular formula is C34H52N4O11. The molecule has 3 rings (SSSR count). The molecule has 15 nitrogen and oxygen atoms in total. The van der Waals surface area contributed by atoms with Gasteiger partial charge >= 0.3 is 5.97 Å². The molecule has 0 saturated carbocycles. The van der Waals surface area contributed by atoms with E-state index in [2.05, 4.69) is 16.0 Å². The number of rotatable bonds is 15. The zero-order valence-corrected chi connectivity index (χ0v) is 29.6. The lowest BCUT2D eigenvalue weighted by atomic mass is 9.94. The van der Waals surface area contributed by atoms with Crippen LogP contribution < -0.4 is 21.7 Å². The molecular weight excluding hydrogens is 640 g/mol. The molecule has 2 heterocycles. The first-order valence-corrected chi connectivity index (χ1v) is 16.5. The van der Waals surface area contributed by atoms with Gasteiger partial charge in [0.1, 0.15) is 48.6 Å². The van der Waals surface area contributed by atoms with Gasteiger partial charge in [0.05, 0.1) is 13.2 Å². The van der Waals surface area contributed by atoms with Crippen LogP contribution in [0.25, 0.3) is 0 Å². The summed E-state index contributed by atoms with van der Waals surface area (Å²) in [5.41, 5.74) is 5.62. The monoisotopic (exact) mass is 692 g/mol. The van der Waals surface area contributed by atoms with Crippen molar-refractivity contribution < 1.29 is 52.4 Å². The van der Waals surface area contributed by atoms with Gasteiger partial charge in [0.2, 0.25) is 23.6 Å². The van der Waals surface area contributed by atoms with E-state index in [0.29, 0.717) is 0 Å². The maximum Gasteiger partial charge on any atom is 0.306 e. The van der Waals surface area contributed by atoms with Gasteiger partial charge in [-0.2, -0.15) is 0 Å². The summed E-state index contributed by atoms with van der Waals surface area (Å²) in [6.07, 6.45) is -3.54. The van der Waals surface area contributed by atoms with Crippen molar-refractivity contribution in [3.05, 3.63) is 35.9 Å². The fraction of sp³-hybridized carbons (Fsp3) is 0.676. The molecule has 0 spiro atoms. The van der Waals surface area contributed by atoms with E-state index in [1.54, 1.807) is 48.5 Å². The van der Waals surface area contributed by atoms with Crippen LogP contribution in [-0.4, -0.2) is 96.9 Å². The SMILES string of the molecule is CC(C)C(=O)N[C@H]1[C@@H](OCc2ccccc2)O[C@@H]2COC(C)(C)O[C@H]2[C@@H]1OCC(=O)NC(C)C(=O)NC(CCC(=O)OC(C)(C)C)C(N)=O. The molecule has 1 aromatic carbocycles. The minimum absolute atomic E-state index is 0.0802. The van der Waals surface area contributed by atoms with Crippen molar-refractivity contribution in [2.24, 2.45) is 11.7 Å². The van der Waals surface area contributed by atoms with E-state index in [1.165, 1.54) is 6.92 Å². The van der Waals surface area contributed by atoms with E-state index in [9.17, 15) is 24.0 Å². The highest BCUT2D eigenvalue weighted by atomic mass is 16.8. The number of fused-ring (bicyclic) bond motifs is 1. The van der Waals surface area contributed by atoms with Crippen LogP contribution in [0.4, 0.5) is 0 Å². The molecule has 2 aliphatic heterocycles. The van der Waals surface area contributed by atoms with Gasteiger partial charge in [-0.1, -0.05) is 44.2 Å². The first-order chi connectivity index (χ1) is 22.8. The summed E-state index contributed by atoms with van der Waals surface area (Å²) in [5, 5.41) is 7.97. The van der Waals surface area contributed by atoms with Crippen LogP contribution in [0, 0.1) is 5.92 Å². The molecule has 2 fully saturated rings. The number of carbonyl (C=O) groups is 5. The number of nitrogens with one attached hydrogen (secondary N) is 3. The normalized spacial score (nSPS) is 24.6. The molecule has 0 aliphatic carbocycles. The van der Waals surface area contributed by atoms with E-state index in [0.717, 1.165) is 5.56 Å². The van der Waals surface area contributed by atoms with Gasteiger partial charge in [-0.25, -0.2) is 0 Å². The number of primary amides is 1. The van der Waals surface area contributed by atoms with Crippen molar-refractivity contribution >= 4 is 29.6 Å². The standard InChI is InChI=1S/C34H52N4O11/c1-19(2)30(42)38-26-28(27-23(17-46-34(7,8)49-27)47-32(26)45-16-21-12-10-9-11-13-21)44-18-24(39)36-20(3)31(43)37-22(29(35)41)14-15-25(40)48-33(4,5)6/h9-13,19-20,22-23,26-28,32H,14-18H2,1-8H3,(H2,35,41)(H,36,39)(H,37,43)(H,38,42)/t20?,22?,23-,26-,27-,28-,32+/m1/s1. The average molecular weight is 693 g/mol. The van der Waals surface area contributed by atoms with Crippen molar-refractivity contribution in [1.29, 1.82) is 0 Å². The number of ether oxygens (including phenoxy) is 6. The maximum absolute atomic E-state index is 13.1. The smallest absolute Gasteiger partial charge is 0.306 e. The summed E-state index contributed by atoms with van der Waals surface area (Å²) in [4.78, 5) is 63.1. The van der Waals surface area contributed by atoms with Gasteiger partial charge in [0.25, 0.3) is 0 Å². The number of carbonyl (C=O) groups excluding carboxylic acids is 5. The number of amides is 4. The Morgan fingerprint density at radius 1 is 1.00 bits per heavy atom. The fourth-order valence-electron chi connectivity index (χ4n) is 5.16. The molecule has 0 bridgehead atoms. The van der Waals surface area contributed by atoms with Gasteiger partial charge in [0, 0.05) is 12.3 Å². The molecule has 1 aromatic rings. The zero-order valence-electron chi connectivity index (χ0n) is 29.6. The van der Waals surface area contributed by atoms with Crippen LogP contribution in [0.5, 0.6) is 0 Å². The summed E-state index contributed by atoms with van der Waals surface area (Å²) < 4.78 is 35.9. The molecule has 7 atom stereocenters. The summed E-state index contributed by atoms with van der Waals surface area (Å²) in [5.74, 6) is -4.41. The second kappa shape index (κ2) is 17.3. The van der Waals surface area contributed by atoms with Crippen LogP contribution in [-0.2, 0) is 59.0 Å². The van der Waals surface area contributed by atoms with Crippen molar-refractivity contribution in [2.75, 3.05) is 13.2 Å². The third-order valence-electron chi connectivity index (χ3n) is 7.65. The highest BCUT2D eigenvalue weighted by molar-refractivity contribution is 5.91. The lowest BCUT2D eigenvalue weighted by molar-refractivity contribution is -0.372. The summed E-state index contributed by atoms with van der Waals surface area (Å²) in [6.45, 7) is 13.3. The van der Waals surface area contributed by atoms with Gasteiger partial charge < -0.3 is 50.1 Å². The topological polar surface area (TPSA) is 203 Å². The minimum atomic E-state index is -1.16. The van der Waals surface area contributed by atoms with Gasteiger partial charge in [-0.05, 0) is 53.5 Å². The fourth-order valence-corrected chi connectivity index (χ4v) is 5.16. The van der Waals surface area contributed by atoms with Crippen LogP contribution in [0.1, 0.15) is 73.8 Å². The molecule has 2 unspecified atom stereocenters. The van der Waals surface area contributed by atoms with Crippen molar-refractivity contribution in [2.45, 2.75) is 129 Å². The Morgan fingerprint density at radius 2 is 1.67 bits per heavy atom. The second-order valence-corrected chi connectivity index (χ2v) is 14.0. The van der Waals surface area contributed by atoms with E-state index < -0.39 is 84.4 Å². The first kappa shape index (κ1) is 39.8. The van der Waals surface area contributed by atoms with Crippen molar-refractivity contribution in [3.8, 4) is 0 Å². The Morgan fingerprint density at radius 3 is 2.29 bits per heavy atom. The molecule has 0 radical (unpaired) electrons. The molecule has 0 aromatic heterocycles. The second-order valence-electron chi connectivity index (χ2n) is 14.0. The number of nitrogens with two attached hydrogens (primary N) is 1. The molecule has 5 N–H and O–H groups in total. The molecule has 274 valence electrons. The van der Waals surface area contributed by atoms with E-state index in [4.69, 9.17) is 34.2 Å². The highest BCUT2D eigenvalue weighted by Gasteiger charge is 2.53. The van der Waals surface area contributed by atoms with Crippen LogP contribution in [0.2, 0.25) is 0 Å². The Labute approximate surface area is 287 Å². The largest absolute Gasteiger partial charge is 0.460 e. The third kappa shape index (κ3) is 12.6. The molecule has 15 heteroatoms. The van der Waals surface area contributed by atoms with Crippen LogP contribution >= 0.6 is 0 Å². The van der Waals surface area contributed by atoms with Crippen molar-refractivity contribution in [3.63, 3.8) is 0 Å². The summed E-state index contributed by atoms with van der Waals surface area (Å²) in [7, 11) is 0. The maximum atomic E-state index is 13.1. The Balaban J connectivity index is 1.70. The third-order valence-corrected chi connectivity index (χ3v) is 7.65. The lowest BCUT2D eigenvalue weighted by Crippen LogP contribution is -2.69. The molecule has 4 amide bonds. The first-order valence-electron chi connectivity index (χ1n) is 16.5. The van der Waals surface area contributed by atoms with Crippen LogP contribution in [0.15, 0.2) is 30.3 Å². The Hall–Kier alpha value is -3.63. The number of hydrogen-bond donors (Lipinski definition) is 4. The highest BCUT2D eigenvalue weighted by Crippen LogP contribution is 2.34. The average Bonchev–Trinajstić information content (AvgIpc) is 3.00. The van der Waals surface area contributed by atoms with Gasteiger partial charge in [-0.3, -0.25) is 24.0 Å². The molecule has 2 saturated heterocycles. The predicted octanol–water partition coefficient (Wildman–Crippen LogP) is 1.20. The van der Waals surface area contributed by atoms with E-state index >= 15 is 0 Å².